The van der Waals surface area contributed by atoms with Crippen LogP contribution in [0, 0.1) is 13.8 Å². The van der Waals surface area contributed by atoms with Crippen molar-refractivity contribution < 1.29 is 14.4 Å². The average Bonchev–Trinajstić information content (AvgIpc) is 2.87. The van der Waals surface area contributed by atoms with Crippen LogP contribution < -0.4 is 16.0 Å². The maximum atomic E-state index is 12.9. The molecule has 1 heterocycles. The maximum absolute atomic E-state index is 12.9. The number of nitrogens with zero attached hydrogens (tertiary/aromatic N) is 1. The molecule has 0 aromatic heterocycles. The van der Waals surface area contributed by atoms with Crippen molar-refractivity contribution >= 4 is 35.8 Å². The van der Waals surface area contributed by atoms with Crippen LogP contribution >= 0.6 is 12.4 Å². The molecule has 0 aliphatic carbocycles. The first-order chi connectivity index (χ1) is 12.8. The van der Waals surface area contributed by atoms with Gasteiger partial charge < -0.3 is 11.1 Å². The Morgan fingerprint density at radius 1 is 1.07 bits per heavy atom. The molecular weight excluding hydrogens is 378 g/mol. The number of anilines is 1. The van der Waals surface area contributed by atoms with Gasteiger partial charge in [-0.15, -0.1) is 12.4 Å². The second-order valence-electron chi connectivity index (χ2n) is 7.02. The van der Waals surface area contributed by atoms with E-state index < -0.39 is 5.91 Å². The Hall–Kier alpha value is -2.70. The number of halogens is 1. The highest BCUT2D eigenvalue weighted by atomic mass is 35.5. The van der Waals surface area contributed by atoms with Gasteiger partial charge in [-0.2, -0.15) is 0 Å². The smallest absolute Gasteiger partial charge is 0.266 e. The number of aryl methyl sites for hydroxylation is 2. The molecule has 2 aromatic carbocycles. The molecule has 0 radical (unpaired) electrons. The van der Waals surface area contributed by atoms with E-state index in [1.54, 1.807) is 12.1 Å². The van der Waals surface area contributed by atoms with E-state index in [0.29, 0.717) is 29.8 Å². The zero-order chi connectivity index (χ0) is 19.7. The number of fused-ring (bicyclic) bond motifs is 1. The Bertz CT molecular complexity index is 940. The fourth-order valence-electron chi connectivity index (χ4n) is 3.08. The Balaban J connectivity index is 0.00000280. The molecule has 0 fully saturated rings. The van der Waals surface area contributed by atoms with Crippen molar-refractivity contribution in [3.63, 3.8) is 0 Å². The van der Waals surface area contributed by atoms with E-state index in [0.717, 1.165) is 11.1 Å². The normalized spacial score (nSPS) is 13.8. The molecule has 148 valence electrons. The minimum absolute atomic E-state index is 0. The predicted molar refractivity (Wildman–Crippen MR) is 111 cm³/mol. The SMILES string of the molecule is Cc1ccc(C)c(N2C(=O)c3ccc(C(=O)NCCC(C)N)cc3C2=O)c1.Cl. The van der Waals surface area contributed by atoms with Crippen LogP contribution in [0.4, 0.5) is 5.69 Å². The van der Waals surface area contributed by atoms with E-state index in [9.17, 15) is 14.4 Å². The highest BCUT2D eigenvalue weighted by Gasteiger charge is 2.37. The summed E-state index contributed by atoms with van der Waals surface area (Å²) in [6.45, 7) is 6.09. The van der Waals surface area contributed by atoms with Gasteiger partial charge in [0.25, 0.3) is 17.7 Å². The summed E-state index contributed by atoms with van der Waals surface area (Å²) in [6.07, 6.45) is 0.661. The van der Waals surface area contributed by atoms with E-state index in [4.69, 9.17) is 5.73 Å². The van der Waals surface area contributed by atoms with Gasteiger partial charge >= 0.3 is 0 Å². The van der Waals surface area contributed by atoms with E-state index >= 15 is 0 Å². The van der Waals surface area contributed by atoms with Crippen LogP contribution in [-0.4, -0.2) is 30.3 Å². The lowest BCUT2D eigenvalue weighted by Crippen LogP contribution is -2.30. The number of benzene rings is 2. The standard InChI is InChI=1S/C21H23N3O3.ClH/c1-12-4-5-13(2)18(10-12)24-20(26)16-7-6-15(11-17(16)21(24)27)19(25)23-9-8-14(3)22;/h4-7,10-11,14H,8-9,22H2,1-3H3,(H,23,25);1H. The first-order valence-corrected chi connectivity index (χ1v) is 8.93. The Kier molecular flexibility index (Phi) is 6.59. The summed E-state index contributed by atoms with van der Waals surface area (Å²) in [4.78, 5) is 39.2. The molecule has 28 heavy (non-hydrogen) atoms. The topological polar surface area (TPSA) is 92.5 Å². The monoisotopic (exact) mass is 401 g/mol. The van der Waals surface area contributed by atoms with Gasteiger partial charge in [0.05, 0.1) is 16.8 Å². The average molecular weight is 402 g/mol. The van der Waals surface area contributed by atoms with E-state index in [-0.39, 0.29) is 35.8 Å². The molecule has 0 saturated heterocycles. The van der Waals surface area contributed by atoms with E-state index in [2.05, 4.69) is 5.32 Å². The maximum Gasteiger partial charge on any atom is 0.266 e. The quantitative estimate of drug-likeness (QED) is 0.753. The lowest BCUT2D eigenvalue weighted by Gasteiger charge is -2.17. The Morgan fingerprint density at radius 3 is 2.43 bits per heavy atom. The van der Waals surface area contributed by atoms with E-state index in [1.807, 2.05) is 39.0 Å². The second kappa shape index (κ2) is 8.54. The zero-order valence-corrected chi connectivity index (χ0v) is 16.9. The van der Waals surface area contributed by atoms with Crippen LogP contribution in [0.15, 0.2) is 36.4 Å². The molecule has 0 bridgehead atoms. The third-order valence-corrected chi connectivity index (χ3v) is 4.64. The molecule has 3 amide bonds. The van der Waals surface area contributed by atoms with Gasteiger partial charge in [0.15, 0.2) is 0 Å². The van der Waals surface area contributed by atoms with Gasteiger partial charge in [-0.3, -0.25) is 14.4 Å². The molecular formula is C21H24ClN3O3. The van der Waals surface area contributed by atoms with Crippen LogP contribution in [0.25, 0.3) is 0 Å². The van der Waals surface area contributed by atoms with Crippen LogP contribution in [-0.2, 0) is 0 Å². The Labute approximate surface area is 170 Å². The number of nitrogens with two attached hydrogens (primary N) is 1. The van der Waals surface area contributed by atoms with Crippen LogP contribution in [0.5, 0.6) is 0 Å². The van der Waals surface area contributed by atoms with Gasteiger partial charge in [0, 0.05) is 18.2 Å². The summed E-state index contributed by atoms with van der Waals surface area (Å²) < 4.78 is 0. The van der Waals surface area contributed by atoms with Gasteiger partial charge in [-0.05, 0) is 62.6 Å². The fraction of sp³-hybridized carbons (Fsp3) is 0.286. The van der Waals surface area contributed by atoms with Crippen molar-refractivity contribution in [2.75, 3.05) is 11.4 Å². The highest BCUT2D eigenvalue weighted by Crippen LogP contribution is 2.31. The number of amides is 3. The van der Waals surface area contributed by atoms with Crippen LogP contribution in [0.1, 0.15) is 55.5 Å². The molecule has 1 atom stereocenters. The van der Waals surface area contributed by atoms with E-state index in [1.165, 1.54) is 11.0 Å². The molecule has 7 heteroatoms. The molecule has 6 nitrogen and oxygen atoms in total. The number of carbonyl (C=O) groups excluding carboxylic acids is 3. The first kappa shape index (κ1) is 21.6. The minimum atomic E-state index is -0.408. The minimum Gasteiger partial charge on any atom is -0.352 e. The predicted octanol–water partition coefficient (Wildman–Crippen LogP) is 2.99. The number of nitrogens with one attached hydrogen (secondary N) is 1. The van der Waals surface area contributed by atoms with Gasteiger partial charge in [0.2, 0.25) is 0 Å². The summed E-state index contributed by atoms with van der Waals surface area (Å²) in [7, 11) is 0. The molecule has 1 unspecified atom stereocenters. The number of rotatable bonds is 5. The molecule has 1 aliphatic rings. The van der Waals surface area contributed by atoms with Gasteiger partial charge in [-0.1, -0.05) is 12.1 Å². The van der Waals surface area contributed by atoms with Crippen molar-refractivity contribution in [1.29, 1.82) is 0 Å². The van der Waals surface area contributed by atoms with Crippen molar-refractivity contribution in [2.24, 2.45) is 5.73 Å². The number of hydrogen-bond acceptors (Lipinski definition) is 4. The molecule has 3 N–H and O–H groups in total. The van der Waals surface area contributed by atoms with Crippen molar-refractivity contribution in [3.8, 4) is 0 Å². The van der Waals surface area contributed by atoms with Gasteiger partial charge in [0.1, 0.15) is 0 Å². The van der Waals surface area contributed by atoms with Gasteiger partial charge in [-0.25, -0.2) is 4.90 Å². The first-order valence-electron chi connectivity index (χ1n) is 8.93. The second-order valence-corrected chi connectivity index (χ2v) is 7.02. The van der Waals surface area contributed by atoms with Crippen LogP contribution in [0.3, 0.4) is 0 Å². The molecule has 2 aromatic rings. The summed E-state index contributed by atoms with van der Waals surface area (Å²) in [5, 5.41) is 2.78. The molecule has 0 spiro atoms. The number of imide groups is 1. The van der Waals surface area contributed by atoms with Crippen molar-refractivity contribution in [3.05, 3.63) is 64.2 Å². The summed E-state index contributed by atoms with van der Waals surface area (Å²) >= 11 is 0. The molecule has 3 rings (SSSR count). The molecule has 0 saturated carbocycles. The summed E-state index contributed by atoms with van der Waals surface area (Å²) in [6, 6.07) is 10.2. The fourth-order valence-corrected chi connectivity index (χ4v) is 3.08. The lowest BCUT2D eigenvalue weighted by molar-refractivity contribution is 0.0923. The summed E-state index contributed by atoms with van der Waals surface area (Å²) in [5.41, 5.74) is 8.96. The third-order valence-electron chi connectivity index (χ3n) is 4.64. The van der Waals surface area contributed by atoms with Crippen LogP contribution in [0.2, 0.25) is 0 Å². The zero-order valence-electron chi connectivity index (χ0n) is 16.1. The summed E-state index contributed by atoms with van der Waals surface area (Å²) in [5.74, 6) is -1.06. The largest absolute Gasteiger partial charge is 0.352 e. The lowest BCUT2D eigenvalue weighted by atomic mass is 10.1. The number of hydrogen-bond donors (Lipinski definition) is 2. The van der Waals surface area contributed by atoms with Crippen molar-refractivity contribution in [1.82, 2.24) is 5.32 Å². The number of carbonyl (C=O) groups is 3. The third kappa shape index (κ3) is 4.08. The Morgan fingerprint density at radius 2 is 1.75 bits per heavy atom. The molecule has 1 aliphatic heterocycles. The highest BCUT2D eigenvalue weighted by molar-refractivity contribution is 6.35. The van der Waals surface area contributed by atoms with Crippen molar-refractivity contribution in [2.45, 2.75) is 33.2 Å².